The first-order chi connectivity index (χ1) is 10.1. The zero-order chi connectivity index (χ0) is 15.2. The van der Waals surface area contributed by atoms with Crippen LogP contribution in [0.25, 0.3) is 0 Å². The summed E-state index contributed by atoms with van der Waals surface area (Å²) in [5, 5.41) is 3.76. The Labute approximate surface area is 129 Å². The second-order valence-electron chi connectivity index (χ2n) is 6.32. The Hall–Kier alpha value is -1.06. The van der Waals surface area contributed by atoms with Gasteiger partial charge in [-0.2, -0.15) is 0 Å². The molecule has 0 aromatic heterocycles. The third-order valence-electron chi connectivity index (χ3n) is 4.46. The summed E-state index contributed by atoms with van der Waals surface area (Å²) in [5.41, 5.74) is 1.40. The van der Waals surface area contributed by atoms with Crippen LogP contribution in [0.2, 0.25) is 0 Å². The Balaban J connectivity index is 1.82. The molecular formula is C18H29NO2. The van der Waals surface area contributed by atoms with Gasteiger partial charge in [-0.25, -0.2) is 0 Å². The molecular weight excluding hydrogens is 262 g/mol. The molecule has 1 fully saturated rings. The lowest BCUT2D eigenvalue weighted by Gasteiger charge is -2.39. The van der Waals surface area contributed by atoms with Gasteiger partial charge in [-0.05, 0) is 49.3 Å². The standard InChI is InChI=1S/C18H29NO2/c1-5-21-12-18(13(2)3)19-16-9-15(10-16)14-7-6-8-17(11-14)20-4/h6-8,11,13,15-16,18-19H,5,9-10,12H2,1-4H3. The molecule has 0 aliphatic heterocycles. The van der Waals surface area contributed by atoms with E-state index in [2.05, 4.69) is 44.3 Å². The molecule has 1 unspecified atom stereocenters. The van der Waals surface area contributed by atoms with Gasteiger partial charge in [0.15, 0.2) is 0 Å². The zero-order valence-corrected chi connectivity index (χ0v) is 13.8. The van der Waals surface area contributed by atoms with Gasteiger partial charge in [-0.15, -0.1) is 0 Å². The van der Waals surface area contributed by atoms with Gasteiger partial charge in [0.1, 0.15) is 5.75 Å². The van der Waals surface area contributed by atoms with E-state index in [0.717, 1.165) is 19.0 Å². The zero-order valence-electron chi connectivity index (χ0n) is 13.8. The van der Waals surface area contributed by atoms with Gasteiger partial charge < -0.3 is 14.8 Å². The van der Waals surface area contributed by atoms with E-state index in [1.165, 1.54) is 18.4 Å². The molecule has 3 nitrogen and oxygen atoms in total. The van der Waals surface area contributed by atoms with Gasteiger partial charge in [0.25, 0.3) is 0 Å². The molecule has 1 saturated carbocycles. The lowest BCUT2D eigenvalue weighted by molar-refractivity contribution is 0.0943. The third-order valence-corrected chi connectivity index (χ3v) is 4.46. The number of hydrogen-bond donors (Lipinski definition) is 1. The Bertz CT molecular complexity index is 427. The molecule has 0 saturated heterocycles. The molecule has 0 heterocycles. The van der Waals surface area contributed by atoms with Crippen LogP contribution in [0.15, 0.2) is 24.3 Å². The molecule has 118 valence electrons. The van der Waals surface area contributed by atoms with Crippen LogP contribution in [0.3, 0.4) is 0 Å². The van der Waals surface area contributed by atoms with Gasteiger partial charge in [0.05, 0.1) is 13.7 Å². The molecule has 1 aromatic rings. The maximum absolute atomic E-state index is 5.59. The van der Waals surface area contributed by atoms with Crippen molar-refractivity contribution in [1.82, 2.24) is 5.32 Å². The molecule has 0 radical (unpaired) electrons. The lowest BCUT2D eigenvalue weighted by Crippen LogP contribution is -2.49. The summed E-state index contributed by atoms with van der Waals surface area (Å²) in [7, 11) is 1.73. The van der Waals surface area contributed by atoms with E-state index in [0.29, 0.717) is 23.9 Å². The quantitative estimate of drug-likeness (QED) is 0.794. The smallest absolute Gasteiger partial charge is 0.119 e. The van der Waals surface area contributed by atoms with Crippen molar-refractivity contribution in [3.8, 4) is 5.75 Å². The van der Waals surface area contributed by atoms with E-state index in [-0.39, 0.29) is 0 Å². The highest BCUT2D eigenvalue weighted by Gasteiger charge is 2.32. The van der Waals surface area contributed by atoms with Crippen molar-refractivity contribution in [1.29, 1.82) is 0 Å². The molecule has 0 amide bonds. The maximum Gasteiger partial charge on any atom is 0.119 e. The van der Waals surface area contributed by atoms with Crippen molar-refractivity contribution >= 4 is 0 Å². The monoisotopic (exact) mass is 291 g/mol. The minimum Gasteiger partial charge on any atom is -0.497 e. The van der Waals surface area contributed by atoms with Crippen LogP contribution in [-0.4, -0.2) is 32.4 Å². The van der Waals surface area contributed by atoms with Crippen molar-refractivity contribution < 1.29 is 9.47 Å². The molecule has 21 heavy (non-hydrogen) atoms. The van der Waals surface area contributed by atoms with Crippen LogP contribution >= 0.6 is 0 Å². The Kier molecular flexibility index (Phi) is 6.07. The number of benzene rings is 1. The highest BCUT2D eigenvalue weighted by Crippen LogP contribution is 2.38. The van der Waals surface area contributed by atoms with Crippen molar-refractivity contribution in [2.45, 2.75) is 51.6 Å². The Morgan fingerprint density at radius 2 is 2.05 bits per heavy atom. The summed E-state index contributed by atoms with van der Waals surface area (Å²) < 4.78 is 10.9. The summed E-state index contributed by atoms with van der Waals surface area (Å²) in [6.45, 7) is 8.18. The number of rotatable bonds is 8. The summed E-state index contributed by atoms with van der Waals surface area (Å²) in [6, 6.07) is 9.55. The molecule has 3 heteroatoms. The maximum atomic E-state index is 5.59. The second-order valence-corrected chi connectivity index (χ2v) is 6.32. The van der Waals surface area contributed by atoms with Gasteiger partial charge in [0, 0.05) is 18.7 Å². The number of methoxy groups -OCH3 is 1. The van der Waals surface area contributed by atoms with E-state index < -0.39 is 0 Å². The Morgan fingerprint density at radius 1 is 1.29 bits per heavy atom. The second kappa shape index (κ2) is 7.81. The SMILES string of the molecule is CCOCC(NC1CC(c2cccc(OC)c2)C1)C(C)C. The van der Waals surface area contributed by atoms with Crippen LogP contribution in [0.5, 0.6) is 5.75 Å². The summed E-state index contributed by atoms with van der Waals surface area (Å²) in [6.07, 6.45) is 2.42. The lowest BCUT2D eigenvalue weighted by atomic mass is 9.75. The van der Waals surface area contributed by atoms with Crippen LogP contribution < -0.4 is 10.1 Å². The van der Waals surface area contributed by atoms with Crippen molar-refractivity contribution in [3.05, 3.63) is 29.8 Å². The summed E-state index contributed by atoms with van der Waals surface area (Å²) in [4.78, 5) is 0. The molecule has 1 atom stereocenters. The average Bonchev–Trinajstić information content (AvgIpc) is 2.45. The fourth-order valence-electron chi connectivity index (χ4n) is 2.90. The average molecular weight is 291 g/mol. The molecule has 1 aliphatic rings. The number of hydrogen-bond acceptors (Lipinski definition) is 3. The molecule has 2 rings (SSSR count). The van der Waals surface area contributed by atoms with Crippen LogP contribution in [0.4, 0.5) is 0 Å². The van der Waals surface area contributed by atoms with Crippen molar-refractivity contribution in [2.75, 3.05) is 20.3 Å². The highest BCUT2D eigenvalue weighted by molar-refractivity contribution is 5.32. The van der Waals surface area contributed by atoms with Crippen molar-refractivity contribution in [3.63, 3.8) is 0 Å². The van der Waals surface area contributed by atoms with E-state index in [1.54, 1.807) is 7.11 Å². The first-order valence-corrected chi connectivity index (χ1v) is 8.11. The fraction of sp³-hybridized carbons (Fsp3) is 0.667. The van der Waals surface area contributed by atoms with E-state index in [9.17, 15) is 0 Å². The minimum atomic E-state index is 0.459. The predicted molar refractivity (Wildman–Crippen MR) is 87.0 cm³/mol. The normalized spacial score (nSPS) is 22.9. The van der Waals surface area contributed by atoms with E-state index in [4.69, 9.17) is 9.47 Å². The number of nitrogens with one attached hydrogen (secondary N) is 1. The van der Waals surface area contributed by atoms with E-state index in [1.807, 2.05) is 6.07 Å². The summed E-state index contributed by atoms with van der Waals surface area (Å²) >= 11 is 0. The molecule has 1 aliphatic carbocycles. The van der Waals surface area contributed by atoms with Crippen molar-refractivity contribution in [2.24, 2.45) is 5.92 Å². The van der Waals surface area contributed by atoms with Gasteiger partial charge in [-0.1, -0.05) is 26.0 Å². The molecule has 1 aromatic carbocycles. The van der Waals surface area contributed by atoms with Gasteiger partial charge >= 0.3 is 0 Å². The predicted octanol–water partition coefficient (Wildman–Crippen LogP) is 3.59. The molecule has 0 bridgehead atoms. The van der Waals surface area contributed by atoms with Gasteiger partial charge in [-0.3, -0.25) is 0 Å². The largest absolute Gasteiger partial charge is 0.497 e. The summed E-state index contributed by atoms with van der Waals surface area (Å²) in [5.74, 6) is 2.23. The van der Waals surface area contributed by atoms with Crippen LogP contribution in [-0.2, 0) is 4.74 Å². The minimum absolute atomic E-state index is 0.459. The number of ether oxygens (including phenoxy) is 2. The first-order valence-electron chi connectivity index (χ1n) is 8.11. The molecule has 1 N–H and O–H groups in total. The molecule has 0 spiro atoms. The fourth-order valence-corrected chi connectivity index (χ4v) is 2.90. The highest BCUT2D eigenvalue weighted by atomic mass is 16.5. The topological polar surface area (TPSA) is 30.5 Å². The first kappa shape index (κ1) is 16.3. The van der Waals surface area contributed by atoms with Gasteiger partial charge in [0.2, 0.25) is 0 Å². The Morgan fingerprint density at radius 3 is 2.67 bits per heavy atom. The van der Waals surface area contributed by atoms with Crippen LogP contribution in [0.1, 0.15) is 45.1 Å². The van der Waals surface area contributed by atoms with Crippen LogP contribution in [0, 0.1) is 5.92 Å². The third kappa shape index (κ3) is 4.45. The van der Waals surface area contributed by atoms with E-state index >= 15 is 0 Å².